The summed E-state index contributed by atoms with van der Waals surface area (Å²) in [4.78, 5) is 10.8. The average Bonchev–Trinajstić information content (AvgIpc) is 2.63. The maximum Gasteiger partial charge on any atom is 0.196 e. The van der Waals surface area contributed by atoms with E-state index in [1.165, 1.54) is 4.57 Å². The van der Waals surface area contributed by atoms with E-state index in [0.29, 0.717) is 23.2 Å². The number of aldehydes is 1. The van der Waals surface area contributed by atoms with Crippen LogP contribution in [0.4, 0.5) is 13.2 Å². The summed E-state index contributed by atoms with van der Waals surface area (Å²) in [6.45, 7) is 3.26. The van der Waals surface area contributed by atoms with Gasteiger partial charge in [-0.2, -0.15) is 0 Å². The molecule has 0 fully saturated rings. The van der Waals surface area contributed by atoms with Gasteiger partial charge < -0.3 is 4.57 Å². The molecule has 1 aromatic carbocycles. The van der Waals surface area contributed by atoms with Gasteiger partial charge >= 0.3 is 0 Å². The molecule has 0 N–H and O–H groups in total. The SMILES string of the molecule is Cc1cc(C=O)c(C)n1-c1ccc(F)c(F)c1F. The zero-order valence-corrected chi connectivity index (χ0v) is 9.80. The molecule has 2 nitrogen and oxygen atoms in total. The molecule has 1 aromatic heterocycles. The van der Waals surface area contributed by atoms with E-state index in [9.17, 15) is 18.0 Å². The fourth-order valence-corrected chi connectivity index (χ4v) is 1.97. The predicted octanol–water partition coefficient (Wildman–Crippen LogP) is 3.32. The highest BCUT2D eigenvalue weighted by Gasteiger charge is 2.18. The van der Waals surface area contributed by atoms with Gasteiger partial charge in [0.15, 0.2) is 23.7 Å². The van der Waals surface area contributed by atoms with Crippen LogP contribution in [0.1, 0.15) is 21.7 Å². The molecule has 0 aliphatic rings. The van der Waals surface area contributed by atoms with E-state index in [2.05, 4.69) is 0 Å². The van der Waals surface area contributed by atoms with Crippen LogP contribution in [0.2, 0.25) is 0 Å². The molecule has 0 unspecified atom stereocenters. The van der Waals surface area contributed by atoms with Crippen LogP contribution in [0.25, 0.3) is 5.69 Å². The molecule has 0 spiro atoms. The number of aryl methyl sites for hydroxylation is 1. The second-order valence-electron chi connectivity index (χ2n) is 3.97. The van der Waals surface area contributed by atoms with Crippen LogP contribution in [0.5, 0.6) is 0 Å². The zero-order valence-electron chi connectivity index (χ0n) is 9.80. The van der Waals surface area contributed by atoms with Crippen molar-refractivity contribution in [2.75, 3.05) is 0 Å². The molecular formula is C13H10F3NO. The molecule has 18 heavy (non-hydrogen) atoms. The molecule has 0 amide bonds. The number of halogens is 3. The van der Waals surface area contributed by atoms with Crippen molar-refractivity contribution in [1.82, 2.24) is 4.57 Å². The van der Waals surface area contributed by atoms with Gasteiger partial charge in [-0.05, 0) is 32.0 Å². The molecule has 0 bridgehead atoms. The Morgan fingerprint density at radius 1 is 1.11 bits per heavy atom. The van der Waals surface area contributed by atoms with Gasteiger partial charge in [0.05, 0.1) is 5.69 Å². The normalized spacial score (nSPS) is 10.7. The molecule has 0 radical (unpaired) electrons. The average molecular weight is 253 g/mol. The Balaban J connectivity index is 2.74. The lowest BCUT2D eigenvalue weighted by atomic mass is 10.2. The molecule has 94 valence electrons. The van der Waals surface area contributed by atoms with E-state index in [1.807, 2.05) is 0 Å². The van der Waals surface area contributed by atoms with Gasteiger partial charge in [0.2, 0.25) is 0 Å². The summed E-state index contributed by atoms with van der Waals surface area (Å²) >= 11 is 0. The quantitative estimate of drug-likeness (QED) is 0.594. The molecular weight excluding hydrogens is 243 g/mol. The largest absolute Gasteiger partial charge is 0.315 e. The summed E-state index contributed by atoms with van der Waals surface area (Å²) in [5.74, 6) is -4.03. The molecule has 2 aromatic rings. The number of aromatic nitrogens is 1. The minimum atomic E-state index is -1.52. The van der Waals surface area contributed by atoms with Crippen LogP contribution in [0.3, 0.4) is 0 Å². The van der Waals surface area contributed by atoms with Crippen molar-refractivity contribution in [1.29, 1.82) is 0 Å². The van der Waals surface area contributed by atoms with Crippen LogP contribution in [0.15, 0.2) is 18.2 Å². The molecule has 2 rings (SSSR count). The number of carbonyl (C=O) groups is 1. The van der Waals surface area contributed by atoms with Crippen molar-refractivity contribution >= 4 is 6.29 Å². The van der Waals surface area contributed by atoms with Crippen molar-refractivity contribution in [3.05, 3.63) is 52.6 Å². The van der Waals surface area contributed by atoms with E-state index in [-0.39, 0.29) is 5.69 Å². The van der Waals surface area contributed by atoms with E-state index >= 15 is 0 Å². The van der Waals surface area contributed by atoms with Gasteiger partial charge in [-0.25, -0.2) is 13.2 Å². The second-order valence-corrected chi connectivity index (χ2v) is 3.97. The maximum absolute atomic E-state index is 13.7. The number of hydrogen-bond acceptors (Lipinski definition) is 1. The highest BCUT2D eigenvalue weighted by atomic mass is 19.2. The van der Waals surface area contributed by atoms with Gasteiger partial charge in [0.1, 0.15) is 0 Å². The van der Waals surface area contributed by atoms with Gasteiger partial charge in [-0.15, -0.1) is 0 Å². The third kappa shape index (κ3) is 1.72. The van der Waals surface area contributed by atoms with E-state index in [0.717, 1.165) is 12.1 Å². The highest BCUT2D eigenvalue weighted by Crippen LogP contribution is 2.24. The monoisotopic (exact) mass is 253 g/mol. The van der Waals surface area contributed by atoms with Crippen LogP contribution in [-0.2, 0) is 0 Å². The van der Waals surface area contributed by atoms with Crippen LogP contribution >= 0.6 is 0 Å². The summed E-state index contributed by atoms with van der Waals surface area (Å²) in [6.07, 6.45) is 0.636. The Labute approximate surface area is 102 Å². The fourth-order valence-electron chi connectivity index (χ4n) is 1.97. The number of carbonyl (C=O) groups excluding carboxylic acids is 1. The Kier molecular flexibility index (Phi) is 2.98. The number of rotatable bonds is 2. The van der Waals surface area contributed by atoms with Crippen molar-refractivity contribution in [3.8, 4) is 5.69 Å². The van der Waals surface area contributed by atoms with Crippen molar-refractivity contribution in [2.45, 2.75) is 13.8 Å². The molecule has 0 aliphatic heterocycles. The van der Waals surface area contributed by atoms with Crippen LogP contribution in [0, 0.1) is 31.3 Å². The lowest BCUT2D eigenvalue weighted by molar-refractivity contribution is 0.112. The molecule has 5 heteroatoms. The second kappa shape index (κ2) is 4.33. The summed E-state index contributed by atoms with van der Waals surface area (Å²) in [6, 6.07) is 3.55. The summed E-state index contributed by atoms with van der Waals surface area (Å²) in [5.41, 5.74) is 1.32. The van der Waals surface area contributed by atoms with E-state index < -0.39 is 17.5 Å². The Hall–Kier alpha value is -2.04. The Morgan fingerprint density at radius 3 is 2.33 bits per heavy atom. The summed E-state index contributed by atoms with van der Waals surface area (Å²) < 4.78 is 41.1. The minimum absolute atomic E-state index is 0.114. The predicted molar refractivity (Wildman–Crippen MR) is 60.5 cm³/mol. The zero-order chi connectivity index (χ0) is 13.4. The molecule has 0 atom stereocenters. The third-order valence-corrected chi connectivity index (χ3v) is 2.85. The lowest BCUT2D eigenvalue weighted by Gasteiger charge is -2.11. The maximum atomic E-state index is 13.7. The number of hydrogen-bond donors (Lipinski definition) is 0. The Morgan fingerprint density at radius 2 is 1.78 bits per heavy atom. The molecule has 0 saturated heterocycles. The molecule has 1 heterocycles. The highest BCUT2D eigenvalue weighted by molar-refractivity contribution is 5.77. The van der Waals surface area contributed by atoms with E-state index in [1.54, 1.807) is 19.9 Å². The first kappa shape index (κ1) is 12.4. The van der Waals surface area contributed by atoms with Crippen molar-refractivity contribution in [2.24, 2.45) is 0 Å². The smallest absolute Gasteiger partial charge is 0.196 e. The van der Waals surface area contributed by atoms with Gasteiger partial charge in [0, 0.05) is 17.0 Å². The van der Waals surface area contributed by atoms with Gasteiger partial charge in [0.25, 0.3) is 0 Å². The summed E-state index contributed by atoms with van der Waals surface area (Å²) in [5, 5.41) is 0. The lowest BCUT2D eigenvalue weighted by Crippen LogP contribution is -2.05. The first-order chi connectivity index (χ1) is 8.47. The molecule has 0 aliphatic carbocycles. The standard InChI is InChI=1S/C13H10F3NO/c1-7-5-9(6-18)8(2)17(7)11-4-3-10(14)12(15)13(11)16/h3-6H,1-2H3. The van der Waals surface area contributed by atoms with E-state index in [4.69, 9.17) is 0 Å². The molecule has 0 saturated carbocycles. The summed E-state index contributed by atoms with van der Waals surface area (Å²) in [7, 11) is 0. The van der Waals surface area contributed by atoms with Crippen LogP contribution < -0.4 is 0 Å². The first-order valence-corrected chi connectivity index (χ1v) is 5.25. The van der Waals surface area contributed by atoms with Crippen molar-refractivity contribution < 1.29 is 18.0 Å². The van der Waals surface area contributed by atoms with Gasteiger partial charge in [-0.3, -0.25) is 4.79 Å². The van der Waals surface area contributed by atoms with Gasteiger partial charge in [-0.1, -0.05) is 0 Å². The van der Waals surface area contributed by atoms with Crippen molar-refractivity contribution in [3.63, 3.8) is 0 Å². The third-order valence-electron chi connectivity index (χ3n) is 2.85. The topological polar surface area (TPSA) is 22.0 Å². The number of nitrogens with zero attached hydrogens (tertiary/aromatic N) is 1. The minimum Gasteiger partial charge on any atom is -0.315 e. The number of benzene rings is 1. The Bertz CT molecular complexity index is 632. The first-order valence-electron chi connectivity index (χ1n) is 5.25. The fraction of sp³-hybridized carbons (Fsp3) is 0.154. The van der Waals surface area contributed by atoms with Crippen LogP contribution in [-0.4, -0.2) is 10.9 Å².